The van der Waals surface area contributed by atoms with E-state index in [2.05, 4.69) is 15.6 Å². The fraction of sp³-hybridized carbons (Fsp3) is 0.667. The van der Waals surface area contributed by atoms with Crippen LogP contribution < -0.4 is 15.5 Å². The highest BCUT2D eigenvalue weighted by Crippen LogP contribution is 2.24. The van der Waals surface area contributed by atoms with Crippen LogP contribution in [-0.4, -0.2) is 73.6 Å². The summed E-state index contributed by atoms with van der Waals surface area (Å²) in [6.07, 6.45) is -2.65. The van der Waals surface area contributed by atoms with Crippen LogP contribution in [0.3, 0.4) is 0 Å². The summed E-state index contributed by atoms with van der Waals surface area (Å²) in [6.45, 7) is 3.80. The summed E-state index contributed by atoms with van der Waals surface area (Å²) < 4.78 is 52.4. The highest BCUT2D eigenvalue weighted by molar-refractivity contribution is 14.0. The van der Waals surface area contributed by atoms with E-state index in [0.717, 1.165) is 0 Å². The molecule has 182 valence electrons. The number of rotatable bonds is 6. The van der Waals surface area contributed by atoms with Crippen LogP contribution in [0.25, 0.3) is 0 Å². The Morgan fingerprint density at radius 1 is 1.19 bits per heavy atom. The second-order valence-corrected chi connectivity index (χ2v) is 8.18. The zero-order valence-electron chi connectivity index (χ0n) is 18.2. The van der Waals surface area contributed by atoms with Crippen LogP contribution in [0.2, 0.25) is 0 Å². The number of piperidine rings is 1. The number of halogens is 5. The van der Waals surface area contributed by atoms with E-state index in [1.807, 2.05) is 17.9 Å². The Hall–Kier alpha value is -1.34. The average Bonchev–Trinajstić information content (AvgIpc) is 3.12. The number of guanidine groups is 1. The number of alkyl halides is 3. The lowest BCUT2D eigenvalue weighted by Gasteiger charge is -2.31. The summed E-state index contributed by atoms with van der Waals surface area (Å²) in [5.41, 5.74) is 1.24. The van der Waals surface area contributed by atoms with Gasteiger partial charge >= 0.3 is 6.18 Å². The van der Waals surface area contributed by atoms with Crippen molar-refractivity contribution in [3.8, 4) is 0 Å². The Morgan fingerprint density at radius 3 is 2.53 bits per heavy atom. The van der Waals surface area contributed by atoms with Crippen LogP contribution in [0.1, 0.15) is 31.7 Å². The molecule has 0 saturated carbocycles. The van der Waals surface area contributed by atoms with Gasteiger partial charge in [-0.15, -0.1) is 24.0 Å². The molecule has 0 bridgehead atoms. The highest BCUT2D eigenvalue weighted by Gasteiger charge is 2.34. The van der Waals surface area contributed by atoms with Crippen molar-refractivity contribution in [1.29, 1.82) is 0 Å². The molecule has 0 aromatic heterocycles. The molecule has 2 saturated heterocycles. The topological polar surface area (TPSA) is 63.1 Å². The number of aliphatic hydroxyl groups is 1. The first-order chi connectivity index (χ1) is 14.7. The van der Waals surface area contributed by atoms with Gasteiger partial charge in [-0.1, -0.05) is 6.07 Å². The van der Waals surface area contributed by atoms with E-state index in [-0.39, 0.29) is 48.5 Å². The molecule has 1 unspecified atom stereocenters. The Morgan fingerprint density at radius 2 is 1.91 bits per heavy atom. The Bertz CT molecular complexity index is 756. The molecule has 2 fully saturated rings. The predicted molar refractivity (Wildman–Crippen MR) is 128 cm³/mol. The van der Waals surface area contributed by atoms with E-state index < -0.39 is 12.7 Å². The van der Waals surface area contributed by atoms with Gasteiger partial charge in [-0.3, -0.25) is 4.90 Å². The number of hydrogen-bond donors (Lipinski definition) is 3. The minimum atomic E-state index is -4.20. The number of nitrogens with zero attached hydrogens (tertiary/aromatic N) is 3. The maximum absolute atomic E-state index is 14.6. The van der Waals surface area contributed by atoms with Gasteiger partial charge in [0.15, 0.2) is 5.96 Å². The van der Waals surface area contributed by atoms with Crippen molar-refractivity contribution in [3.63, 3.8) is 0 Å². The summed E-state index contributed by atoms with van der Waals surface area (Å²) in [5.74, 6) is 0.191. The van der Waals surface area contributed by atoms with Crippen LogP contribution in [0.5, 0.6) is 0 Å². The Labute approximate surface area is 203 Å². The molecule has 1 aromatic carbocycles. The molecular weight excluding hydrogens is 541 g/mol. The van der Waals surface area contributed by atoms with Gasteiger partial charge in [0.25, 0.3) is 0 Å². The lowest BCUT2D eigenvalue weighted by Crippen LogP contribution is -2.45. The zero-order chi connectivity index (χ0) is 22.4. The number of hydrogen-bond acceptors (Lipinski definition) is 4. The van der Waals surface area contributed by atoms with Crippen molar-refractivity contribution in [3.05, 3.63) is 29.6 Å². The predicted octanol–water partition coefficient (Wildman–Crippen LogP) is 3.10. The molecule has 0 aliphatic carbocycles. The van der Waals surface area contributed by atoms with Crippen molar-refractivity contribution in [1.82, 2.24) is 15.5 Å². The SMILES string of the molecule is CCNC(=NCc1ccc(N2CCC(O)CC2)c(F)c1)NC1CCN(CC(F)(F)F)C1.I. The lowest BCUT2D eigenvalue weighted by molar-refractivity contribution is -0.143. The van der Waals surface area contributed by atoms with Gasteiger partial charge < -0.3 is 20.6 Å². The van der Waals surface area contributed by atoms with Gasteiger partial charge in [-0.25, -0.2) is 9.38 Å². The number of nitrogens with one attached hydrogen (secondary N) is 2. The normalized spacial score (nSPS) is 20.9. The molecule has 0 amide bonds. The summed E-state index contributed by atoms with van der Waals surface area (Å²) in [5, 5.41) is 15.9. The maximum atomic E-state index is 14.6. The lowest BCUT2D eigenvalue weighted by atomic mass is 10.1. The van der Waals surface area contributed by atoms with Gasteiger partial charge in [-0.05, 0) is 43.9 Å². The van der Waals surface area contributed by atoms with Crippen molar-refractivity contribution in [2.24, 2.45) is 4.99 Å². The molecule has 3 N–H and O–H groups in total. The second kappa shape index (κ2) is 12.2. The van der Waals surface area contributed by atoms with Crippen LogP contribution in [0, 0.1) is 5.82 Å². The van der Waals surface area contributed by atoms with E-state index in [1.165, 1.54) is 11.0 Å². The van der Waals surface area contributed by atoms with Crippen LogP contribution >= 0.6 is 24.0 Å². The monoisotopic (exact) mass is 573 g/mol. The number of anilines is 1. The third-order valence-corrected chi connectivity index (χ3v) is 5.60. The first-order valence-electron chi connectivity index (χ1n) is 10.8. The van der Waals surface area contributed by atoms with Gasteiger partial charge in [0.2, 0.25) is 0 Å². The van der Waals surface area contributed by atoms with E-state index in [1.54, 1.807) is 6.07 Å². The molecular formula is C21H32F4IN5O. The first-order valence-corrected chi connectivity index (χ1v) is 10.8. The minimum Gasteiger partial charge on any atom is -0.393 e. The molecule has 3 rings (SSSR count). The molecule has 2 heterocycles. The molecule has 32 heavy (non-hydrogen) atoms. The second-order valence-electron chi connectivity index (χ2n) is 8.18. The van der Waals surface area contributed by atoms with Crippen LogP contribution in [0.15, 0.2) is 23.2 Å². The maximum Gasteiger partial charge on any atom is 0.401 e. The standard InChI is InChI=1S/C21H31F4N5O.HI/c1-2-26-20(28-16-5-8-29(13-16)14-21(23,24)25)27-12-15-3-4-19(18(22)11-15)30-9-6-17(31)7-10-30;/h3-4,11,16-17,31H,2,5-10,12-14H2,1H3,(H2,26,27,28);1H. The quantitative estimate of drug-likeness (QED) is 0.212. The average molecular weight is 573 g/mol. The fourth-order valence-electron chi connectivity index (χ4n) is 4.04. The van der Waals surface area contributed by atoms with Crippen molar-refractivity contribution >= 4 is 35.6 Å². The van der Waals surface area contributed by atoms with E-state index in [0.29, 0.717) is 69.2 Å². The minimum absolute atomic E-state index is 0. The third-order valence-electron chi connectivity index (χ3n) is 5.60. The number of benzene rings is 1. The fourth-order valence-corrected chi connectivity index (χ4v) is 4.04. The zero-order valence-corrected chi connectivity index (χ0v) is 20.5. The molecule has 2 aliphatic heterocycles. The van der Waals surface area contributed by atoms with Crippen molar-refractivity contribution < 1.29 is 22.7 Å². The molecule has 11 heteroatoms. The number of aliphatic hydroxyl groups excluding tert-OH is 1. The molecule has 0 spiro atoms. The highest BCUT2D eigenvalue weighted by atomic mass is 127. The number of likely N-dealkylation sites (tertiary alicyclic amines) is 1. The van der Waals surface area contributed by atoms with E-state index in [9.17, 15) is 22.7 Å². The summed E-state index contributed by atoms with van der Waals surface area (Å²) in [6, 6.07) is 4.92. The Balaban J connectivity index is 0.00000363. The third kappa shape index (κ3) is 8.22. The smallest absolute Gasteiger partial charge is 0.393 e. The summed E-state index contributed by atoms with van der Waals surface area (Å²) >= 11 is 0. The molecule has 1 aromatic rings. The molecule has 6 nitrogen and oxygen atoms in total. The number of aliphatic imine (C=N–C) groups is 1. The molecule has 2 aliphatic rings. The Kier molecular flexibility index (Phi) is 10.3. The van der Waals surface area contributed by atoms with Gasteiger partial charge in [0.05, 0.1) is 24.9 Å². The first kappa shape index (κ1) is 26.9. The van der Waals surface area contributed by atoms with Crippen LogP contribution in [-0.2, 0) is 6.54 Å². The van der Waals surface area contributed by atoms with Gasteiger partial charge in [0.1, 0.15) is 5.82 Å². The molecule has 0 radical (unpaired) electrons. The van der Waals surface area contributed by atoms with Crippen molar-refractivity contribution in [2.75, 3.05) is 44.2 Å². The van der Waals surface area contributed by atoms with Gasteiger partial charge in [0, 0.05) is 38.8 Å². The van der Waals surface area contributed by atoms with E-state index >= 15 is 0 Å². The largest absolute Gasteiger partial charge is 0.401 e. The summed E-state index contributed by atoms with van der Waals surface area (Å²) in [4.78, 5) is 7.80. The van der Waals surface area contributed by atoms with E-state index in [4.69, 9.17) is 0 Å². The molecule has 1 atom stereocenters. The van der Waals surface area contributed by atoms with Gasteiger partial charge in [-0.2, -0.15) is 13.2 Å². The van der Waals surface area contributed by atoms with Crippen LogP contribution in [0.4, 0.5) is 23.2 Å². The van der Waals surface area contributed by atoms with Crippen molar-refractivity contribution in [2.45, 2.75) is 51.1 Å². The summed E-state index contributed by atoms with van der Waals surface area (Å²) in [7, 11) is 0.